The van der Waals surface area contributed by atoms with Gasteiger partial charge >= 0.3 is 0 Å². The molecule has 2 rings (SSSR count). The summed E-state index contributed by atoms with van der Waals surface area (Å²) in [4.78, 5) is 0. The molecule has 0 aliphatic heterocycles. The number of benzene rings is 1. The molecule has 18 heavy (non-hydrogen) atoms. The highest BCUT2D eigenvalue weighted by Crippen LogP contribution is 2.31. The Morgan fingerprint density at radius 3 is 2.78 bits per heavy atom. The van der Waals surface area contributed by atoms with Gasteiger partial charge in [0.05, 0.1) is 11.3 Å². The van der Waals surface area contributed by atoms with E-state index in [4.69, 9.17) is 17.0 Å². The number of rotatable bonds is 3. The molecule has 0 saturated carbocycles. The van der Waals surface area contributed by atoms with Gasteiger partial charge < -0.3 is 14.4 Å². The van der Waals surface area contributed by atoms with Crippen LogP contribution >= 0.6 is 12.2 Å². The van der Waals surface area contributed by atoms with E-state index < -0.39 is 0 Å². The minimum absolute atomic E-state index is 0.0749. The lowest BCUT2D eigenvalue weighted by Gasteiger charge is -2.08. The Balaban J connectivity index is 2.45. The van der Waals surface area contributed by atoms with Crippen molar-refractivity contribution >= 4 is 12.2 Å². The van der Waals surface area contributed by atoms with E-state index in [1.165, 1.54) is 6.07 Å². The van der Waals surface area contributed by atoms with Gasteiger partial charge in [-0.25, -0.2) is 0 Å². The van der Waals surface area contributed by atoms with Gasteiger partial charge in [0.15, 0.2) is 10.6 Å². The van der Waals surface area contributed by atoms with Crippen molar-refractivity contribution in [3.05, 3.63) is 35.3 Å². The molecule has 94 valence electrons. The third-order valence-electron chi connectivity index (χ3n) is 2.38. The summed E-state index contributed by atoms with van der Waals surface area (Å²) < 4.78 is 7.49. The summed E-state index contributed by atoms with van der Waals surface area (Å²) in [6.45, 7) is 5.38. The summed E-state index contributed by atoms with van der Waals surface area (Å²) in [6, 6.07) is 4.97. The maximum absolute atomic E-state index is 9.98. The Labute approximate surface area is 109 Å². The molecule has 0 aliphatic rings. The van der Waals surface area contributed by atoms with E-state index in [1.807, 2.05) is 0 Å². The molecule has 1 aromatic carbocycles. The van der Waals surface area contributed by atoms with Gasteiger partial charge in [-0.15, -0.1) is 0 Å². The second-order valence-corrected chi connectivity index (χ2v) is 4.28. The number of phenolic OH excluding ortho intramolecular Hbond substituents is 1. The van der Waals surface area contributed by atoms with E-state index in [0.717, 1.165) is 0 Å². The molecule has 0 fully saturated rings. The highest BCUT2D eigenvalue weighted by atomic mass is 32.1. The van der Waals surface area contributed by atoms with Crippen molar-refractivity contribution in [3.63, 3.8) is 0 Å². The maximum atomic E-state index is 9.98. The van der Waals surface area contributed by atoms with Crippen LogP contribution in [-0.2, 0) is 7.05 Å². The lowest BCUT2D eigenvalue weighted by molar-refractivity contribution is 0.422. The predicted octanol–water partition coefficient (Wildman–Crippen LogP) is 2.76. The summed E-state index contributed by atoms with van der Waals surface area (Å²) in [5, 5.41) is 16.7. The molecular weight excluding hydrogens is 250 g/mol. The molecule has 0 radical (unpaired) electrons. The van der Waals surface area contributed by atoms with Crippen LogP contribution in [0.1, 0.15) is 6.92 Å². The average Bonchev–Trinajstić information content (AvgIpc) is 2.60. The number of nitrogens with zero attached hydrogens (tertiary/aromatic N) is 2. The first-order valence-corrected chi connectivity index (χ1v) is 5.68. The van der Waals surface area contributed by atoms with E-state index in [1.54, 1.807) is 30.7 Å². The molecule has 0 unspecified atom stereocenters. The number of nitrogens with one attached hydrogen (secondary N) is 1. The first-order valence-electron chi connectivity index (χ1n) is 5.27. The van der Waals surface area contributed by atoms with Gasteiger partial charge in [-0.1, -0.05) is 6.58 Å². The van der Waals surface area contributed by atoms with Crippen LogP contribution in [0.25, 0.3) is 11.4 Å². The van der Waals surface area contributed by atoms with Gasteiger partial charge in [-0.2, -0.15) is 5.10 Å². The molecule has 6 heteroatoms. The Morgan fingerprint density at radius 1 is 1.56 bits per heavy atom. The summed E-state index contributed by atoms with van der Waals surface area (Å²) in [7, 11) is 1.78. The minimum atomic E-state index is 0.0749. The van der Waals surface area contributed by atoms with E-state index in [-0.39, 0.29) is 5.75 Å². The standard InChI is InChI=1S/C12H13N3O2S/c1-7(2)17-8-4-5-9(10(16)6-8)11-13-14-12(18)15(11)3/h4-6,16H,1H2,2-3H3,(H,14,18). The maximum Gasteiger partial charge on any atom is 0.195 e. The molecule has 5 nitrogen and oxygen atoms in total. The van der Waals surface area contributed by atoms with Gasteiger partial charge in [0, 0.05) is 13.1 Å². The van der Waals surface area contributed by atoms with Crippen LogP contribution in [-0.4, -0.2) is 19.9 Å². The number of ether oxygens (including phenoxy) is 1. The molecule has 0 atom stereocenters. The topological polar surface area (TPSA) is 63.1 Å². The van der Waals surface area contributed by atoms with Crippen molar-refractivity contribution in [2.75, 3.05) is 0 Å². The molecule has 2 N–H and O–H groups in total. The van der Waals surface area contributed by atoms with Crippen LogP contribution in [0.5, 0.6) is 11.5 Å². The highest BCUT2D eigenvalue weighted by molar-refractivity contribution is 7.71. The number of allylic oxidation sites excluding steroid dienone is 1. The first kappa shape index (κ1) is 12.4. The number of phenols is 1. The van der Waals surface area contributed by atoms with Crippen molar-refractivity contribution < 1.29 is 9.84 Å². The summed E-state index contributed by atoms with van der Waals surface area (Å²) in [5.41, 5.74) is 0.582. The molecule has 0 amide bonds. The Kier molecular flexibility index (Phi) is 3.20. The number of aromatic amines is 1. The first-order chi connectivity index (χ1) is 8.49. The third-order valence-corrected chi connectivity index (χ3v) is 2.75. The molecule has 0 spiro atoms. The van der Waals surface area contributed by atoms with Crippen LogP contribution < -0.4 is 4.74 Å². The van der Waals surface area contributed by atoms with Gasteiger partial charge in [-0.3, -0.25) is 5.10 Å². The zero-order chi connectivity index (χ0) is 13.3. The van der Waals surface area contributed by atoms with Gasteiger partial charge in [0.2, 0.25) is 0 Å². The average molecular weight is 263 g/mol. The normalized spacial score (nSPS) is 10.3. The fourth-order valence-corrected chi connectivity index (χ4v) is 1.69. The molecule has 2 aromatic rings. The van der Waals surface area contributed by atoms with Crippen LogP contribution in [0.4, 0.5) is 0 Å². The summed E-state index contributed by atoms with van der Waals surface area (Å²) >= 11 is 5.03. The summed E-state index contributed by atoms with van der Waals surface area (Å²) in [6.07, 6.45) is 0. The monoisotopic (exact) mass is 263 g/mol. The summed E-state index contributed by atoms with van der Waals surface area (Å²) in [5.74, 6) is 1.73. The Hall–Kier alpha value is -2.08. The van der Waals surface area contributed by atoms with Gasteiger partial charge in [-0.05, 0) is 31.3 Å². The van der Waals surface area contributed by atoms with Crippen molar-refractivity contribution in [2.24, 2.45) is 7.05 Å². The van der Waals surface area contributed by atoms with E-state index in [9.17, 15) is 5.11 Å². The highest BCUT2D eigenvalue weighted by Gasteiger charge is 2.11. The molecular formula is C12H13N3O2S. The number of aromatic hydroxyl groups is 1. The lowest BCUT2D eigenvalue weighted by Crippen LogP contribution is -1.94. The molecule has 1 heterocycles. The lowest BCUT2D eigenvalue weighted by atomic mass is 10.2. The zero-order valence-electron chi connectivity index (χ0n) is 10.1. The van der Waals surface area contributed by atoms with Crippen molar-refractivity contribution in [3.8, 4) is 22.9 Å². The van der Waals surface area contributed by atoms with E-state index in [0.29, 0.717) is 27.7 Å². The fourth-order valence-electron chi connectivity index (χ4n) is 1.55. The van der Waals surface area contributed by atoms with Gasteiger partial charge in [0.25, 0.3) is 0 Å². The number of H-pyrrole nitrogens is 1. The largest absolute Gasteiger partial charge is 0.507 e. The van der Waals surface area contributed by atoms with Crippen LogP contribution in [0.3, 0.4) is 0 Å². The predicted molar refractivity (Wildman–Crippen MR) is 70.9 cm³/mol. The quantitative estimate of drug-likeness (QED) is 0.660. The number of hydrogen-bond donors (Lipinski definition) is 2. The van der Waals surface area contributed by atoms with Crippen LogP contribution in [0.2, 0.25) is 0 Å². The van der Waals surface area contributed by atoms with Crippen LogP contribution in [0, 0.1) is 4.77 Å². The second kappa shape index (κ2) is 4.66. The van der Waals surface area contributed by atoms with E-state index >= 15 is 0 Å². The SMILES string of the molecule is C=C(C)Oc1ccc(-c2n[nH]c(=S)n2C)c(O)c1. The van der Waals surface area contributed by atoms with Crippen LogP contribution in [0.15, 0.2) is 30.5 Å². The van der Waals surface area contributed by atoms with E-state index in [2.05, 4.69) is 16.8 Å². The second-order valence-electron chi connectivity index (χ2n) is 3.89. The Bertz CT molecular complexity index is 658. The van der Waals surface area contributed by atoms with Crippen molar-refractivity contribution in [1.29, 1.82) is 0 Å². The number of hydrogen-bond acceptors (Lipinski definition) is 4. The third kappa shape index (κ3) is 2.28. The molecule has 0 saturated heterocycles. The number of aromatic nitrogens is 3. The zero-order valence-corrected chi connectivity index (χ0v) is 10.9. The fraction of sp³-hybridized carbons (Fsp3) is 0.167. The Morgan fingerprint density at radius 2 is 2.28 bits per heavy atom. The molecule has 0 bridgehead atoms. The minimum Gasteiger partial charge on any atom is -0.507 e. The van der Waals surface area contributed by atoms with Crippen molar-refractivity contribution in [2.45, 2.75) is 6.92 Å². The molecule has 0 aliphatic carbocycles. The molecule has 1 aromatic heterocycles. The van der Waals surface area contributed by atoms with Gasteiger partial charge in [0.1, 0.15) is 11.5 Å². The van der Waals surface area contributed by atoms with Crippen molar-refractivity contribution in [1.82, 2.24) is 14.8 Å². The smallest absolute Gasteiger partial charge is 0.195 e.